The summed E-state index contributed by atoms with van der Waals surface area (Å²) in [6.07, 6.45) is 0. The van der Waals surface area contributed by atoms with Crippen molar-refractivity contribution in [2.45, 2.75) is 0 Å². The fourth-order valence-corrected chi connectivity index (χ4v) is 2.14. The van der Waals surface area contributed by atoms with Gasteiger partial charge in [0.05, 0.1) is 23.2 Å². The van der Waals surface area contributed by atoms with Gasteiger partial charge < -0.3 is 9.84 Å². The normalized spacial score (nSPS) is 10.2. The van der Waals surface area contributed by atoms with Crippen molar-refractivity contribution in [1.29, 1.82) is 0 Å². The Kier molecular flexibility index (Phi) is 4.61. The highest BCUT2D eigenvalue weighted by molar-refractivity contribution is 6.31. The van der Waals surface area contributed by atoms with Crippen molar-refractivity contribution in [1.82, 2.24) is 0 Å². The molecule has 0 amide bonds. The summed E-state index contributed by atoms with van der Waals surface area (Å²) in [5, 5.41) is 20.7. The standard InChI is InChI=1S/C15H10ClNO6/c1-23-15(20)9-4-2-8(3-5-9)13(18)11-6-10(16)7-12(14(11)19)17(21)22/h2-7,19H,1H3. The molecule has 0 heterocycles. The highest BCUT2D eigenvalue weighted by atomic mass is 35.5. The van der Waals surface area contributed by atoms with Crippen molar-refractivity contribution in [2.75, 3.05) is 7.11 Å². The van der Waals surface area contributed by atoms with Gasteiger partial charge in [-0.1, -0.05) is 23.7 Å². The van der Waals surface area contributed by atoms with Gasteiger partial charge in [0.15, 0.2) is 5.78 Å². The average molecular weight is 336 g/mol. The van der Waals surface area contributed by atoms with Gasteiger partial charge in [-0.25, -0.2) is 4.79 Å². The Bertz CT molecular complexity index is 800. The maximum atomic E-state index is 12.4. The average Bonchev–Trinajstić information content (AvgIpc) is 2.55. The van der Waals surface area contributed by atoms with Gasteiger partial charge in [0.2, 0.25) is 5.75 Å². The molecule has 1 N–H and O–H groups in total. The van der Waals surface area contributed by atoms with E-state index in [1.165, 1.54) is 31.4 Å². The summed E-state index contributed by atoms with van der Waals surface area (Å²) < 4.78 is 4.54. The Morgan fingerprint density at radius 2 is 1.74 bits per heavy atom. The molecule has 8 heteroatoms. The maximum absolute atomic E-state index is 12.4. The lowest BCUT2D eigenvalue weighted by Gasteiger charge is -2.06. The summed E-state index contributed by atoms with van der Waals surface area (Å²) >= 11 is 5.75. The molecule has 0 aliphatic carbocycles. The SMILES string of the molecule is COC(=O)c1ccc(C(=O)c2cc(Cl)cc([N+](=O)[O-])c2O)cc1. The topological polar surface area (TPSA) is 107 Å². The molecule has 0 radical (unpaired) electrons. The molecular weight excluding hydrogens is 326 g/mol. The van der Waals surface area contributed by atoms with E-state index in [9.17, 15) is 24.8 Å². The summed E-state index contributed by atoms with van der Waals surface area (Å²) in [6.45, 7) is 0. The Morgan fingerprint density at radius 1 is 1.17 bits per heavy atom. The lowest BCUT2D eigenvalue weighted by atomic mass is 10.0. The van der Waals surface area contributed by atoms with Gasteiger partial charge in [0.25, 0.3) is 0 Å². The van der Waals surface area contributed by atoms with E-state index in [4.69, 9.17) is 11.6 Å². The number of aromatic hydroxyl groups is 1. The Morgan fingerprint density at radius 3 is 2.26 bits per heavy atom. The number of carbonyl (C=O) groups is 2. The van der Waals surface area contributed by atoms with Crippen LogP contribution in [0.3, 0.4) is 0 Å². The van der Waals surface area contributed by atoms with E-state index < -0.39 is 28.1 Å². The fourth-order valence-electron chi connectivity index (χ4n) is 1.93. The van der Waals surface area contributed by atoms with Crippen LogP contribution in [0.5, 0.6) is 5.75 Å². The molecule has 0 atom stereocenters. The second kappa shape index (κ2) is 6.45. The van der Waals surface area contributed by atoms with E-state index in [0.717, 1.165) is 12.1 Å². The van der Waals surface area contributed by atoms with Gasteiger partial charge in [-0.05, 0) is 18.2 Å². The number of nitrogens with zero attached hydrogens (tertiary/aromatic N) is 1. The Hall–Kier alpha value is -2.93. The fraction of sp³-hybridized carbons (Fsp3) is 0.0667. The molecule has 0 aliphatic heterocycles. The van der Waals surface area contributed by atoms with Crippen LogP contribution < -0.4 is 0 Å². The molecule has 0 fully saturated rings. The second-order valence-corrected chi connectivity index (χ2v) is 4.91. The van der Waals surface area contributed by atoms with E-state index in [-0.39, 0.29) is 21.7 Å². The zero-order valence-corrected chi connectivity index (χ0v) is 12.5. The third-order valence-corrected chi connectivity index (χ3v) is 3.28. The van der Waals surface area contributed by atoms with E-state index in [1.807, 2.05) is 0 Å². The minimum absolute atomic E-state index is 0.0518. The number of ether oxygens (including phenoxy) is 1. The number of ketones is 1. The molecule has 2 rings (SSSR count). The smallest absolute Gasteiger partial charge is 0.337 e. The van der Waals surface area contributed by atoms with E-state index in [1.54, 1.807) is 0 Å². The molecule has 2 aromatic carbocycles. The molecule has 0 aliphatic rings. The first-order valence-corrected chi connectivity index (χ1v) is 6.63. The highest BCUT2D eigenvalue weighted by Gasteiger charge is 2.23. The molecule has 0 unspecified atom stereocenters. The molecule has 0 aromatic heterocycles. The van der Waals surface area contributed by atoms with Crippen molar-refractivity contribution >= 4 is 29.0 Å². The summed E-state index contributed by atoms with van der Waals surface area (Å²) in [7, 11) is 1.23. The van der Waals surface area contributed by atoms with Crippen molar-refractivity contribution < 1.29 is 24.4 Å². The molecule has 0 spiro atoms. The minimum atomic E-state index is -0.835. The summed E-state index contributed by atoms with van der Waals surface area (Å²) in [6, 6.07) is 7.53. The van der Waals surface area contributed by atoms with Crippen molar-refractivity contribution in [3.8, 4) is 5.75 Å². The number of benzene rings is 2. The minimum Gasteiger partial charge on any atom is -0.502 e. The molecule has 7 nitrogen and oxygen atoms in total. The zero-order valence-electron chi connectivity index (χ0n) is 11.8. The number of hydrogen-bond donors (Lipinski definition) is 1. The van der Waals surface area contributed by atoms with Crippen LogP contribution in [-0.4, -0.2) is 28.9 Å². The number of phenolic OH excluding ortho intramolecular Hbond substituents is 1. The number of nitro groups is 1. The number of carbonyl (C=O) groups excluding carboxylic acids is 2. The Labute approximate surface area is 135 Å². The highest BCUT2D eigenvalue weighted by Crippen LogP contribution is 2.34. The first kappa shape index (κ1) is 16.4. The first-order chi connectivity index (χ1) is 10.8. The van der Waals surface area contributed by atoms with Gasteiger partial charge >= 0.3 is 11.7 Å². The van der Waals surface area contributed by atoms with Crippen LogP contribution in [0.1, 0.15) is 26.3 Å². The van der Waals surface area contributed by atoms with Crippen molar-refractivity contribution in [2.24, 2.45) is 0 Å². The lowest BCUT2D eigenvalue weighted by Crippen LogP contribution is -2.05. The van der Waals surface area contributed by atoms with Crippen molar-refractivity contribution in [3.05, 3.63) is 68.2 Å². The van der Waals surface area contributed by atoms with Crippen LogP contribution in [0.15, 0.2) is 36.4 Å². The van der Waals surface area contributed by atoms with Crippen LogP contribution in [0.2, 0.25) is 5.02 Å². The molecule has 0 saturated carbocycles. The van der Waals surface area contributed by atoms with Crippen LogP contribution >= 0.6 is 11.6 Å². The van der Waals surface area contributed by atoms with Crippen LogP contribution in [-0.2, 0) is 4.74 Å². The largest absolute Gasteiger partial charge is 0.502 e. The number of halogens is 1. The molecule has 23 heavy (non-hydrogen) atoms. The summed E-state index contributed by atoms with van der Waals surface area (Å²) in [5.41, 5.74) is -0.586. The number of methoxy groups -OCH3 is 1. The van der Waals surface area contributed by atoms with E-state index in [2.05, 4.69) is 4.74 Å². The predicted octanol–water partition coefficient (Wildman–Crippen LogP) is 2.97. The Balaban J connectivity index is 2.45. The molecule has 0 saturated heterocycles. The van der Waals surface area contributed by atoms with Crippen molar-refractivity contribution in [3.63, 3.8) is 0 Å². The monoisotopic (exact) mass is 335 g/mol. The quantitative estimate of drug-likeness (QED) is 0.398. The van der Waals surface area contributed by atoms with E-state index >= 15 is 0 Å². The predicted molar refractivity (Wildman–Crippen MR) is 81.0 cm³/mol. The van der Waals surface area contributed by atoms with E-state index in [0.29, 0.717) is 0 Å². The van der Waals surface area contributed by atoms with Crippen LogP contribution in [0, 0.1) is 10.1 Å². The zero-order chi connectivity index (χ0) is 17.1. The first-order valence-electron chi connectivity index (χ1n) is 6.25. The summed E-state index contributed by atoms with van der Waals surface area (Å²) in [5.74, 6) is -1.99. The number of nitro benzene ring substituents is 1. The summed E-state index contributed by atoms with van der Waals surface area (Å²) in [4.78, 5) is 33.8. The molecule has 118 valence electrons. The van der Waals surface area contributed by atoms with Crippen LogP contribution in [0.25, 0.3) is 0 Å². The van der Waals surface area contributed by atoms with Gasteiger partial charge in [0, 0.05) is 16.7 Å². The maximum Gasteiger partial charge on any atom is 0.337 e. The number of phenols is 1. The third kappa shape index (κ3) is 3.29. The second-order valence-electron chi connectivity index (χ2n) is 4.48. The van der Waals surface area contributed by atoms with Gasteiger partial charge in [-0.15, -0.1) is 0 Å². The lowest BCUT2D eigenvalue weighted by molar-refractivity contribution is -0.385. The third-order valence-electron chi connectivity index (χ3n) is 3.06. The van der Waals surface area contributed by atoms with Crippen LogP contribution in [0.4, 0.5) is 5.69 Å². The number of esters is 1. The molecule has 0 bridgehead atoms. The van der Waals surface area contributed by atoms with Gasteiger partial charge in [0.1, 0.15) is 0 Å². The van der Waals surface area contributed by atoms with Gasteiger partial charge in [-0.3, -0.25) is 14.9 Å². The number of rotatable bonds is 4. The molecular formula is C15H10ClNO6. The number of hydrogen-bond acceptors (Lipinski definition) is 6. The molecule has 2 aromatic rings. The van der Waals surface area contributed by atoms with Gasteiger partial charge in [-0.2, -0.15) is 0 Å².